The summed E-state index contributed by atoms with van der Waals surface area (Å²) in [5, 5.41) is 7.22. The van der Waals surface area contributed by atoms with Crippen molar-refractivity contribution in [1.29, 1.82) is 0 Å². The summed E-state index contributed by atoms with van der Waals surface area (Å²) >= 11 is 0. The molecule has 0 amide bonds. The van der Waals surface area contributed by atoms with Crippen LogP contribution in [0.3, 0.4) is 0 Å². The van der Waals surface area contributed by atoms with Gasteiger partial charge in [0.05, 0.1) is 13.2 Å². The van der Waals surface area contributed by atoms with Crippen molar-refractivity contribution in [3.05, 3.63) is 0 Å². The Hall–Kier alpha value is -0.160. The van der Waals surface area contributed by atoms with Crippen LogP contribution in [0.1, 0.15) is 38.5 Å². The molecule has 2 aliphatic heterocycles. The summed E-state index contributed by atoms with van der Waals surface area (Å²) in [6.45, 7) is 3.87. The van der Waals surface area contributed by atoms with Gasteiger partial charge >= 0.3 is 0 Å². The molecule has 1 atom stereocenters. The molecule has 3 aliphatic rings. The zero-order valence-electron chi connectivity index (χ0n) is 10.5. The van der Waals surface area contributed by atoms with Gasteiger partial charge in [-0.15, -0.1) is 0 Å². The monoisotopic (exact) mass is 240 g/mol. The molecule has 98 valence electrons. The summed E-state index contributed by atoms with van der Waals surface area (Å²) in [6.07, 6.45) is 7.13. The Balaban J connectivity index is 1.52. The Morgan fingerprint density at radius 1 is 1.00 bits per heavy atom. The van der Waals surface area contributed by atoms with Crippen molar-refractivity contribution in [3.8, 4) is 0 Å². The van der Waals surface area contributed by atoms with Crippen LogP contribution in [-0.4, -0.2) is 44.2 Å². The van der Waals surface area contributed by atoms with E-state index in [1.807, 2.05) is 0 Å². The number of nitrogens with one attached hydrogen (secondary N) is 2. The molecule has 1 aliphatic carbocycles. The quantitative estimate of drug-likeness (QED) is 0.756. The summed E-state index contributed by atoms with van der Waals surface area (Å²) in [5.41, 5.74) is 0. The Bertz CT molecular complexity index is 248. The minimum absolute atomic E-state index is 0.233. The number of hydrogen-bond donors (Lipinski definition) is 2. The SMILES string of the molecule is C1C[C@@H](NC2CCNCC2)CC2(C1)OCCO2. The van der Waals surface area contributed by atoms with Crippen molar-refractivity contribution >= 4 is 0 Å². The minimum atomic E-state index is -0.233. The second-order valence-electron chi connectivity index (χ2n) is 5.59. The topological polar surface area (TPSA) is 42.5 Å². The molecule has 2 N–H and O–H groups in total. The lowest BCUT2D eigenvalue weighted by molar-refractivity contribution is -0.182. The van der Waals surface area contributed by atoms with Crippen LogP contribution < -0.4 is 10.6 Å². The van der Waals surface area contributed by atoms with E-state index in [2.05, 4.69) is 10.6 Å². The van der Waals surface area contributed by atoms with Crippen LogP contribution in [0, 0.1) is 0 Å². The molecule has 17 heavy (non-hydrogen) atoms. The first-order valence-corrected chi connectivity index (χ1v) is 7.11. The number of rotatable bonds is 2. The molecule has 1 spiro atoms. The molecule has 2 heterocycles. The van der Waals surface area contributed by atoms with Crippen LogP contribution in [0.4, 0.5) is 0 Å². The van der Waals surface area contributed by atoms with E-state index in [1.165, 1.54) is 25.7 Å². The van der Waals surface area contributed by atoms with E-state index in [-0.39, 0.29) is 5.79 Å². The molecule has 3 fully saturated rings. The average molecular weight is 240 g/mol. The normalized spacial score (nSPS) is 34.2. The van der Waals surface area contributed by atoms with Gasteiger partial charge in [0, 0.05) is 24.9 Å². The van der Waals surface area contributed by atoms with Crippen molar-refractivity contribution in [2.24, 2.45) is 0 Å². The Kier molecular flexibility index (Phi) is 3.66. The highest BCUT2D eigenvalue weighted by Crippen LogP contribution is 2.36. The Morgan fingerprint density at radius 3 is 2.53 bits per heavy atom. The molecule has 4 heteroatoms. The van der Waals surface area contributed by atoms with Crippen LogP contribution in [0.2, 0.25) is 0 Å². The van der Waals surface area contributed by atoms with Gasteiger partial charge in [-0.25, -0.2) is 0 Å². The van der Waals surface area contributed by atoms with Crippen molar-refractivity contribution in [3.63, 3.8) is 0 Å². The molecule has 0 radical (unpaired) electrons. The standard InChI is InChI=1S/C13H24N2O2/c1-2-12(15-11-3-6-14-7-4-11)10-13(5-1)16-8-9-17-13/h11-12,14-15H,1-10H2/t12-/m1/s1. The van der Waals surface area contributed by atoms with Gasteiger partial charge in [-0.2, -0.15) is 0 Å². The molecule has 0 aromatic rings. The first-order valence-electron chi connectivity index (χ1n) is 7.11. The third kappa shape index (κ3) is 2.81. The molecule has 2 saturated heterocycles. The maximum atomic E-state index is 5.83. The number of piperidine rings is 1. The molecule has 1 saturated carbocycles. The van der Waals surface area contributed by atoms with Crippen LogP contribution in [0.15, 0.2) is 0 Å². The Labute approximate surface area is 103 Å². The summed E-state index contributed by atoms with van der Waals surface area (Å²) < 4.78 is 11.7. The predicted molar refractivity (Wildman–Crippen MR) is 65.9 cm³/mol. The van der Waals surface area contributed by atoms with Gasteiger partial charge in [0.15, 0.2) is 5.79 Å². The highest BCUT2D eigenvalue weighted by atomic mass is 16.7. The maximum absolute atomic E-state index is 5.83. The molecule has 3 rings (SSSR count). The molecular formula is C13H24N2O2. The van der Waals surface area contributed by atoms with Crippen molar-refractivity contribution < 1.29 is 9.47 Å². The smallest absolute Gasteiger partial charge is 0.169 e. The molecule has 4 nitrogen and oxygen atoms in total. The first-order chi connectivity index (χ1) is 8.36. The van der Waals surface area contributed by atoms with Gasteiger partial charge in [0.1, 0.15) is 0 Å². The first kappa shape index (κ1) is 11.9. The van der Waals surface area contributed by atoms with E-state index in [0.717, 1.165) is 39.1 Å². The van der Waals surface area contributed by atoms with E-state index in [1.54, 1.807) is 0 Å². The van der Waals surface area contributed by atoms with Crippen LogP contribution >= 0.6 is 0 Å². The fourth-order valence-corrected chi connectivity index (χ4v) is 3.42. The van der Waals surface area contributed by atoms with E-state index in [0.29, 0.717) is 12.1 Å². The summed E-state index contributed by atoms with van der Waals surface area (Å²) in [6, 6.07) is 1.28. The highest BCUT2D eigenvalue weighted by Gasteiger charge is 2.41. The zero-order valence-corrected chi connectivity index (χ0v) is 10.5. The van der Waals surface area contributed by atoms with Crippen LogP contribution in [0.5, 0.6) is 0 Å². The van der Waals surface area contributed by atoms with Gasteiger partial charge < -0.3 is 20.1 Å². The van der Waals surface area contributed by atoms with Gasteiger partial charge in [-0.3, -0.25) is 0 Å². The summed E-state index contributed by atoms with van der Waals surface area (Å²) in [4.78, 5) is 0. The summed E-state index contributed by atoms with van der Waals surface area (Å²) in [7, 11) is 0. The largest absolute Gasteiger partial charge is 0.347 e. The average Bonchev–Trinajstić information content (AvgIpc) is 2.79. The molecule has 0 bridgehead atoms. The third-order valence-corrected chi connectivity index (χ3v) is 4.29. The van der Waals surface area contributed by atoms with E-state index in [9.17, 15) is 0 Å². The van der Waals surface area contributed by atoms with Crippen molar-refractivity contribution in [2.75, 3.05) is 26.3 Å². The highest BCUT2D eigenvalue weighted by molar-refractivity contribution is 4.89. The van der Waals surface area contributed by atoms with E-state index < -0.39 is 0 Å². The summed E-state index contributed by atoms with van der Waals surface area (Å²) in [5.74, 6) is -0.233. The molecule has 0 unspecified atom stereocenters. The van der Waals surface area contributed by atoms with E-state index in [4.69, 9.17) is 9.47 Å². The number of hydrogen-bond acceptors (Lipinski definition) is 4. The van der Waals surface area contributed by atoms with Crippen LogP contribution in [0.25, 0.3) is 0 Å². The predicted octanol–water partition coefficient (Wildman–Crippen LogP) is 1.01. The van der Waals surface area contributed by atoms with Crippen LogP contribution in [-0.2, 0) is 9.47 Å². The second-order valence-corrected chi connectivity index (χ2v) is 5.59. The van der Waals surface area contributed by atoms with Crippen molar-refractivity contribution in [2.45, 2.75) is 56.4 Å². The number of ether oxygens (including phenoxy) is 2. The minimum Gasteiger partial charge on any atom is -0.347 e. The Morgan fingerprint density at radius 2 is 1.76 bits per heavy atom. The fraction of sp³-hybridized carbons (Fsp3) is 1.00. The maximum Gasteiger partial charge on any atom is 0.169 e. The second kappa shape index (κ2) is 5.22. The third-order valence-electron chi connectivity index (χ3n) is 4.29. The van der Waals surface area contributed by atoms with Gasteiger partial charge in [-0.1, -0.05) is 0 Å². The van der Waals surface area contributed by atoms with Gasteiger partial charge in [0.2, 0.25) is 0 Å². The molecular weight excluding hydrogens is 216 g/mol. The molecule has 0 aromatic carbocycles. The van der Waals surface area contributed by atoms with Crippen molar-refractivity contribution in [1.82, 2.24) is 10.6 Å². The van der Waals surface area contributed by atoms with Gasteiger partial charge in [0.25, 0.3) is 0 Å². The molecule has 0 aromatic heterocycles. The fourth-order valence-electron chi connectivity index (χ4n) is 3.42. The lowest BCUT2D eigenvalue weighted by Gasteiger charge is -2.38. The lowest BCUT2D eigenvalue weighted by atomic mass is 9.88. The van der Waals surface area contributed by atoms with E-state index >= 15 is 0 Å². The van der Waals surface area contributed by atoms with Gasteiger partial charge in [-0.05, 0) is 38.8 Å². The zero-order chi connectivity index (χ0) is 11.6. The lowest BCUT2D eigenvalue weighted by Crippen LogP contribution is -2.50.